The summed E-state index contributed by atoms with van der Waals surface area (Å²) in [6.07, 6.45) is 0. The molecule has 0 saturated heterocycles. The van der Waals surface area contributed by atoms with Gasteiger partial charge in [0.15, 0.2) is 10.8 Å². The lowest BCUT2D eigenvalue weighted by Gasteiger charge is -2.01. The summed E-state index contributed by atoms with van der Waals surface area (Å²) >= 11 is 1.32. The lowest BCUT2D eigenvalue weighted by Crippen LogP contribution is -1.93. The third-order valence-corrected chi connectivity index (χ3v) is 4.41. The summed E-state index contributed by atoms with van der Waals surface area (Å²) in [4.78, 5) is 0.650. The average molecular weight is 310 g/mol. The van der Waals surface area contributed by atoms with Gasteiger partial charge in [-0.2, -0.15) is 9.61 Å². The van der Waals surface area contributed by atoms with Crippen LogP contribution >= 0.6 is 11.3 Å². The number of hydrogen-bond donors (Lipinski definition) is 0. The van der Waals surface area contributed by atoms with Gasteiger partial charge in [0.25, 0.3) is 0 Å². The van der Waals surface area contributed by atoms with E-state index in [1.54, 1.807) is 22.7 Å². The molecule has 0 unspecified atom stereocenters. The zero-order valence-electron chi connectivity index (χ0n) is 11.7. The number of halogens is 1. The molecule has 4 aromatic rings. The molecular formula is C16H11FN4S. The summed E-state index contributed by atoms with van der Waals surface area (Å²) < 4.78 is 15.6. The number of fused-ring (bicyclic) bond motifs is 1. The summed E-state index contributed by atoms with van der Waals surface area (Å²) in [6.45, 7) is 2.01. The molecule has 6 heteroatoms. The third-order valence-electron chi connectivity index (χ3n) is 3.48. The van der Waals surface area contributed by atoms with Gasteiger partial charge >= 0.3 is 0 Å². The predicted octanol–water partition coefficient (Wildman–Crippen LogP) is 3.97. The Morgan fingerprint density at radius 1 is 0.955 bits per heavy atom. The first-order valence-electron chi connectivity index (χ1n) is 6.77. The van der Waals surface area contributed by atoms with Gasteiger partial charge in [-0.3, -0.25) is 0 Å². The van der Waals surface area contributed by atoms with E-state index in [4.69, 9.17) is 0 Å². The molecule has 4 rings (SSSR count). The highest BCUT2D eigenvalue weighted by molar-refractivity contribution is 7.19. The monoisotopic (exact) mass is 310 g/mol. The van der Waals surface area contributed by atoms with Crippen LogP contribution in [0.3, 0.4) is 0 Å². The van der Waals surface area contributed by atoms with Crippen molar-refractivity contribution < 1.29 is 4.39 Å². The van der Waals surface area contributed by atoms with Gasteiger partial charge in [-0.1, -0.05) is 47.7 Å². The van der Waals surface area contributed by atoms with Crippen LogP contribution in [0.2, 0.25) is 0 Å². The van der Waals surface area contributed by atoms with Gasteiger partial charge in [0.2, 0.25) is 4.96 Å². The minimum Gasteiger partial charge on any atom is -0.206 e. The first-order valence-corrected chi connectivity index (χ1v) is 7.59. The zero-order valence-corrected chi connectivity index (χ0v) is 12.5. The van der Waals surface area contributed by atoms with Crippen molar-refractivity contribution in [3.8, 4) is 22.0 Å². The van der Waals surface area contributed by atoms with Crippen molar-refractivity contribution in [2.24, 2.45) is 0 Å². The predicted molar refractivity (Wildman–Crippen MR) is 84.2 cm³/mol. The molecule has 0 amide bonds. The summed E-state index contributed by atoms with van der Waals surface area (Å²) in [5, 5.41) is 13.5. The number of rotatable bonds is 2. The van der Waals surface area contributed by atoms with Crippen LogP contribution < -0.4 is 0 Å². The molecule has 108 valence electrons. The van der Waals surface area contributed by atoms with E-state index in [9.17, 15) is 4.39 Å². The van der Waals surface area contributed by atoms with Crippen molar-refractivity contribution in [2.75, 3.05) is 0 Å². The Labute approximate surface area is 129 Å². The van der Waals surface area contributed by atoms with Crippen LogP contribution in [0.5, 0.6) is 0 Å². The lowest BCUT2D eigenvalue weighted by atomic mass is 10.1. The van der Waals surface area contributed by atoms with Crippen molar-refractivity contribution in [1.29, 1.82) is 0 Å². The standard InChI is InChI=1S/C16H11FN4S/c1-10-6-2-3-7-11(10)14-18-19-16-21(14)20-15(22-16)12-8-4-5-9-13(12)17/h2-9H,1H3. The number of benzene rings is 2. The van der Waals surface area contributed by atoms with E-state index in [0.29, 0.717) is 21.4 Å². The quantitative estimate of drug-likeness (QED) is 0.563. The van der Waals surface area contributed by atoms with E-state index in [-0.39, 0.29) is 5.82 Å². The van der Waals surface area contributed by atoms with Crippen LogP contribution in [0, 0.1) is 12.7 Å². The zero-order chi connectivity index (χ0) is 15.1. The van der Waals surface area contributed by atoms with Gasteiger partial charge in [0.05, 0.1) is 0 Å². The highest BCUT2D eigenvalue weighted by Gasteiger charge is 2.16. The fraction of sp³-hybridized carbons (Fsp3) is 0.0625. The molecule has 0 aliphatic carbocycles. The number of hydrogen-bond acceptors (Lipinski definition) is 4. The van der Waals surface area contributed by atoms with Gasteiger partial charge in [0, 0.05) is 11.1 Å². The van der Waals surface area contributed by atoms with Crippen molar-refractivity contribution in [3.05, 3.63) is 59.9 Å². The molecule has 0 aliphatic rings. The molecule has 0 N–H and O–H groups in total. The summed E-state index contributed by atoms with van der Waals surface area (Å²) in [5.74, 6) is 0.386. The Hall–Kier alpha value is -2.60. The average Bonchev–Trinajstić information content (AvgIpc) is 3.09. The first kappa shape index (κ1) is 13.1. The van der Waals surface area contributed by atoms with Crippen molar-refractivity contribution in [3.63, 3.8) is 0 Å². The van der Waals surface area contributed by atoms with Gasteiger partial charge in [-0.15, -0.1) is 10.2 Å². The molecule has 2 aromatic carbocycles. The Kier molecular flexibility index (Phi) is 2.97. The molecular weight excluding hydrogens is 299 g/mol. The minimum atomic E-state index is -0.287. The second-order valence-electron chi connectivity index (χ2n) is 4.92. The highest BCUT2D eigenvalue weighted by Crippen LogP contribution is 2.30. The highest BCUT2D eigenvalue weighted by atomic mass is 32.1. The maximum Gasteiger partial charge on any atom is 0.235 e. The van der Waals surface area contributed by atoms with Gasteiger partial charge in [0.1, 0.15) is 5.82 Å². The molecule has 22 heavy (non-hydrogen) atoms. The molecule has 0 radical (unpaired) electrons. The Morgan fingerprint density at radius 2 is 1.68 bits per heavy atom. The first-order chi connectivity index (χ1) is 10.7. The molecule has 0 bridgehead atoms. The molecule has 0 atom stereocenters. The molecule has 0 saturated carbocycles. The molecule has 2 aromatic heterocycles. The van der Waals surface area contributed by atoms with Crippen molar-refractivity contribution >= 4 is 16.3 Å². The van der Waals surface area contributed by atoms with Crippen LogP contribution in [0.4, 0.5) is 4.39 Å². The summed E-state index contributed by atoms with van der Waals surface area (Å²) in [7, 11) is 0. The largest absolute Gasteiger partial charge is 0.235 e. The topological polar surface area (TPSA) is 43.1 Å². The van der Waals surface area contributed by atoms with Crippen LogP contribution in [-0.4, -0.2) is 19.8 Å². The third kappa shape index (κ3) is 2.00. The number of aromatic nitrogens is 4. The van der Waals surface area contributed by atoms with Crippen molar-refractivity contribution in [2.45, 2.75) is 6.92 Å². The molecule has 4 nitrogen and oxygen atoms in total. The summed E-state index contributed by atoms with van der Waals surface area (Å²) in [5.41, 5.74) is 2.55. The molecule has 0 aliphatic heterocycles. The second kappa shape index (κ2) is 4.99. The Morgan fingerprint density at radius 3 is 2.45 bits per heavy atom. The molecule has 2 heterocycles. The SMILES string of the molecule is Cc1ccccc1-c1nnc2sc(-c3ccccc3F)nn12. The Bertz CT molecular complexity index is 973. The lowest BCUT2D eigenvalue weighted by molar-refractivity contribution is 0.631. The van der Waals surface area contributed by atoms with E-state index in [1.807, 2.05) is 31.2 Å². The van der Waals surface area contributed by atoms with Crippen molar-refractivity contribution in [1.82, 2.24) is 19.8 Å². The molecule has 0 fully saturated rings. The van der Waals surface area contributed by atoms with Gasteiger partial charge < -0.3 is 0 Å². The minimum absolute atomic E-state index is 0.287. The van der Waals surface area contributed by atoms with E-state index >= 15 is 0 Å². The smallest absolute Gasteiger partial charge is 0.206 e. The summed E-state index contributed by atoms with van der Waals surface area (Å²) in [6, 6.07) is 14.5. The maximum absolute atomic E-state index is 13.9. The van der Waals surface area contributed by atoms with E-state index in [1.165, 1.54) is 17.4 Å². The van der Waals surface area contributed by atoms with Crippen LogP contribution in [0.1, 0.15) is 5.56 Å². The van der Waals surface area contributed by atoms with E-state index in [0.717, 1.165) is 11.1 Å². The normalized spacial score (nSPS) is 11.2. The van der Waals surface area contributed by atoms with Gasteiger partial charge in [-0.05, 0) is 24.6 Å². The maximum atomic E-state index is 13.9. The van der Waals surface area contributed by atoms with Crippen LogP contribution in [0.15, 0.2) is 48.5 Å². The number of nitrogens with zero attached hydrogens (tertiary/aromatic N) is 4. The van der Waals surface area contributed by atoms with Crippen LogP contribution in [0.25, 0.3) is 26.9 Å². The molecule has 0 spiro atoms. The Balaban J connectivity index is 1.91. The van der Waals surface area contributed by atoms with Crippen LogP contribution in [-0.2, 0) is 0 Å². The fourth-order valence-electron chi connectivity index (χ4n) is 2.35. The second-order valence-corrected chi connectivity index (χ2v) is 5.88. The van der Waals surface area contributed by atoms with Gasteiger partial charge in [-0.25, -0.2) is 4.39 Å². The number of aryl methyl sites for hydroxylation is 1. The van der Waals surface area contributed by atoms with E-state index in [2.05, 4.69) is 15.3 Å². The fourth-order valence-corrected chi connectivity index (χ4v) is 3.22. The van der Waals surface area contributed by atoms with E-state index < -0.39 is 0 Å².